The van der Waals surface area contributed by atoms with Crippen LogP contribution in [0.5, 0.6) is 5.75 Å². The van der Waals surface area contributed by atoms with Crippen LogP contribution in [0, 0.1) is 20.0 Å². The fraction of sp³-hybridized carbons (Fsp3) is 0.500. The number of rotatable bonds is 2. The number of nitrogens with zero attached hydrogens (tertiary/aromatic N) is 1. The molecule has 0 saturated carbocycles. The molecule has 1 aromatic heterocycles. The molecule has 2 heteroatoms. The summed E-state index contributed by atoms with van der Waals surface area (Å²) in [5.41, 5.74) is 2.05. The van der Waals surface area contributed by atoms with Crippen LogP contribution in [0.2, 0.25) is 0 Å². The van der Waals surface area contributed by atoms with Crippen molar-refractivity contribution in [3.63, 3.8) is 0 Å². The number of hydrogen-bond acceptors (Lipinski definition) is 2. The molecule has 1 rings (SSSR count). The van der Waals surface area contributed by atoms with Crippen LogP contribution in [0.4, 0.5) is 0 Å². The number of ether oxygens (including phenoxy) is 1. The maximum absolute atomic E-state index is 5.60. The van der Waals surface area contributed by atoms with Crippen molar-refractivity contribution in [2.75, 3.05) is 0 Å². The molecule has 0 fully saturated rings. The Kier molecular flexibility index (Phi) is 2.69. The van der Waals surface area contributed by atoms with Gasteiger partial charge in [-0.3, -0.25) is 4.98 Å². The number of pyridine rings is 1. The van der Waals surface area contributed by atoms with E-state index >= 15 is 0 Å². The van der Waals surface area contributed by atoms with Crippen molar-refractivity contribution in [3.8, 4) is 5.75 Å². The van der Waals surface area contributed by atoms with Crippen LogP contribution in [0.1, 0.15) is 25.0 Å². The van der Waals surface area contributed by atoms with E-state index in [1.807, 2.05) is 27.7 Å². The Labute approximate surface area is 73.6 Å². The largest absolute Gasteiger partial charge is 0.490 e. The van der Waals surface area contributed by atoms with Crippen molar-refractivity contribution in [2.24, 2.45) is 0 Å². The lowest BCUT2D eigenvalue weighted by molar-refractivity contribution is 0.238. The first-order chi connectivity index (χ1) is 5.61. The third-order valence-corrected chi connectivity index (χ3v) is 1.54. The average molecular weight is 164 g/mol. The van der Waals surface area contributed by atoms with Gasteiger partial charge in [-0.25, -0.2) is 0 Å². The SMILES string of the molecule is Cc1[c]ncc(C)c1OC(C)C. The van der Waals surface area contributed by atoms with Gasteiger partial charge in [0, 0.05) is 17.3 Å². The van der Waals surface area contributed by atoms with E-state index in [0.717, 1.165) is 16.9 Å². The minimum atomic E-state index is 0.207. The lowest BCUT2D eigenvalue weighted by Crippen LogP contribution is -2.08. The van der Waals surface area contributed by atoms with Gasteiger partial charge in [-0.1, -0.05) is 0 Å². The second kappa shape index (κ2) is 3.57. The number of aromatic nitrogens is 1. The molecule has 0 spiro atoms. The van der Waals surface area contributed by atoms with Gasteiger partial charge in [0.2, 0.25) is 0 Å². The molecular weight excluding hydrogens is 150 g/mol. The number of hydrogen-bond donors (Lipinski definition) is 0. The highest BCUT2D eigenvalue weighted by molar-refractivity contribution is 5.36. The standard InChI is InChI=1S/C10H14NO/c1-7(2)12-10-8(3)5-11-6-9(10)4/h5,7H,1-4H3. The van der Waals surface area contributed by atoms with Gasteiger partial charge in [0.15, 0.2) is 0 Å². The summed E-state index contributed by atoms with van der Waals surface area (Å²) < 4.78 is 5.60. The van der Waals surface area contributed by atoms with E-state index in [-0.39, 0.29) is 6.10 Å². The minimum Gasteiger partial charge on any atom is -0.490 e. The molecule has 12 heavy (non-hydrogen) atoms. The molecular formula is C10H14NO. The molecule has 0 unspecified atom stereocenters. The fourth-order valence-electron chi connectivity index (χ4n) is 1.05. The molecule has 0 aliphatic heterocycles. The van der Waals surface area contributed by atoms with Crippen LogP contribution in [0.3, 0.4) is 0 Å². The monoisotopic (exact) mass is 164 g/mol. The van der Waals surface area contributed by atoms with E-state index in [9.17, 15) is 0 Å². The van der Waals surface area contributed by atoms with Crippen LogP contribution >= 0.6 is 0 Å². The van der Waals surface area contributed by atoms with E-state index in [1.165, 1.54) is 0 Å². The Morgan fingerprint density at radius 2 is 2.08 bits per heavy atom. The van der Waals surface area contributed by atoms with Gasteiger partial charge in [0.1, 0.15) is 5.75 Å². The second-order valence-electron chi connectivity index (χ2n) is 3.17. The highest BCUT2D eigenvalue weighted by Crippen LogP contribution is 2.21. The van der Waals surface area contributed by atoms with E-state index in [4.69, 9.17) is 4.74 Å². The normalized spacial score (nSPS) is 10.4. The van der Waals surface area contributed by atoms with Crippen molar-refractivity contribution >= 4 is 0 Å². The molecule has 0 saturated heterocycles. The lowest BCUT2D eigenvalue weighted by atomic mass is 10.2. The number of aryl methyl sites for hydroxylation is 2. The molecule has 0 atom stereocenters. The molecule has 65 valence electrons. The molecule has 0 aliphatic carbocycles. The van der Waals surface area contributed by atoms with Gasteiger partial charge in [-0.05, 0) is 27.7 Å². The highest BCUT2D eigenvalue weighted by Gasteiger charge is 2.05. The Hall–Kier alpha value is -1.05. The van der Waals surface area contributed by atoms with Gasteiger partial charge in [0.05, 0.1) is 12.3 Å². The highest BCUT2D eigenvalue weighted by atomic mass is 16.5. The van der Waals surface area contributed by atoms with E-state index in [2.05, 4.69) is 11.2 Å². The van der Waals surface area contributed by atoms with E-state index in [0.29, 0.717) is 0 Å². The fourth-order valence-corrected chi connectivity index (χ4v) is 1.05. The summed E-state index contributed by atoms with van der Waals surface area (Å²) in [7, 11) is 0. The first-order valence-electron chi connectivity index (χ1n) is 4.12. The maximum Gasteiger partial charge on any atom is 0.129 e. The van der Waals surface area contributed by atoms with Gasteiger partial charge in [-0.2, -0.15) is 0 Å². The Bertz CT molecular complexity index is 248. The van der Waals surface area contributed by atoms with Crippen molar-refractivity contribution in [2.45, 2.75) is 33.8 Å². The van der Waals surface area contributed by atoms with Crippen LogP contribution in [-0.4, -0.2) is 11.1 Å². The molecule has 2 nitrogen and oxygen atoms in total. The summed E-state index contributed by atoms with van der Waals surface area (Å²) in [4.78, 5) is 3.95. The Morgan fingerprint density at radius 1 is 1.42 bits per heavy atom. The van der Waals surface area contributed by atoms with Gasteiger partial charge >= 0.3 is 0 Å². The molecule has 1 radical (unpaired) electrons. The molecule has 1 heterocycles. The summed E-state index contributed by atoms with van der Waals surface area (Å²) in [5.74, 6) is 0.917. The van der Waals surface area contributed by atoms with Crippen LogP contribution < -0.4 is 4.74 Å². The summed E-state index contributed by atoms with van der Waals surface area (Å²) in [6, 6.07) is 0. The lowest BCUT2D eigenvalue weighted by Gasteiger charge is -2.13. The van der Waals surface area contributed by atoms with Crippen molar-refractivity contribution in [1.82, 2.24) is 4.98 Å². The van der Waals surface area contributed by atoms with Crippen LogP contribution in [0.15, 0.2) is 6.20 Å². The first kappa shape index (κ1) is 9.04. The third-order valence-electron chi connectivity index (χ3n) is 1.54. The molecule has 0 amide bonds. The minimum absolute atomic E-state index is 0.207. The summed E-state index contributed by atoms with van der Waals surface area (Å²) in [6.07, 6.45) is 4.85. The van der Waals surface area contributed by atoms with Gasteiger partial charge in [0.25, 0.3) is 0 Å². The van der Waals surface area contributed by atoms with Crippen LogP contribution in [0.25, 0.3) is 0 Å². The predicted octanol–water partition coefficient (Wildman–Crippen LogP) is 2.29. The Morgan fingerprint density at radius 3 is 2.58 bits per heavy atom. The van der Waals surface area contributed by atoms with Crippen molar-refractivity contribution in [3.05, 3.63) is 23.5 Å². The summed E-state index contributed by atoms with van der Waals surface area (Å²) >= 11 is 0. The zero-order valence-electron chi connectivity index (χ0n) is 8.01. The average Bonchev–Trinajstić information content (AvgIpc) is 1.97. The first-order valence-corrected chi connectivity index (χ1v) is 4.12. The molecule has 0 bridgehead atoms. The van der Waals surface area contributed by atoms with E-state index < -0.39 is 0 Å². The zero-order chi connectivity index (χ0) is 9.14. The molecule has 1 aromatic rings. The maximum atomic E-state index is 5.60. The van der Waals surface area contributed by atoms with Gasteiger partial charge in [-0.15, -0.1) is 0 Å². The molecule has 0 aliphatic rings. The molecule has 0 N–H and O–H groups in total. The summed E-state index contributed by atoms with van der Waals surface area (Å²) in [5, 5.41) is 0. The summed E-state index contributed by atoms with van der Waals surface area (Å²) in [6.45, 7) is 7.97. The Balaban J connectivity index is 2.96. The molecule has 0 aromatic carbocycles. The third kappa shape index (κ3) is 1.97. The van der Waals surface area contributed by atoms with Crippen molar-refractivity contribution in [1.29, 1.82) is 0 Å². The smallest absolute Gasteiger partial charge is 0.129 e. The predicted molar refractivity (Wildman–Crippen MR) is 48.3 cm³/mol. The van der Waals surface area contributed by atoms with Crippen molar-refractivity contribution < 1.29 is 4.74 Å². The van der Waals surface area contributed by atoms with Gasteiger partial charge < -0.3 is 4.74 Å². The second-order valence-corrected chi connectivity index (χ2v) is 3.17. The van der Waals surface area contributed by atoms with E-state index in [1.54, 1.807) is 6.20 Å². The topological polar surface area (TPSA) is 22.1 Å². The quantitative estimate of drug-likeness (QED) is 0.669. The zero-order valence-corrected chi connectivity index (χ0v) is 8.01. The van der Waals surface area contributed by atoms with Crippen LogP contribution in [-0.2, 0) is 0 Å².